The maximum atomic E-state index is 12.7. The number of anilines is 1. The van der Waals surface area contributed by atoms with Gasteiger partial charge in [0.1, 0.15) is 30.5 Å². The lowest BCUT2D eigenvalue weighted by Gasteiger charge is -2.09. The lowest BCUT2D eigenvalue weighted by molar-refractivity contribution is 0.217. The van der Waals surface area contributed by atoms with Crippen LogP contribution in [0.3, 0.4) is 0 Å². The Morgan fingerprint density at radius 3 is 1.79 bits per heavy atom. The minimum Gasteiger partial charge on any atom is -0.490 e. The quantitative estimate of drug-likeness (QED) is 0.809. The van der Waals surface area contributed by atoms with Crippen LogP contribution in [-0.4, -0.2) is 20.3 Å². The number of halogens is 1. The predicted molar refractivity (Wildman–Crippen MR) is 73.4 cm³/mol. The number of ether oxygens (including phenoxy) is 2. The third-order valence-corrected chi connectivity index (χ3v) is 2.58. The normalized spacial score (nSPS) is 10.0. The Balaban J connectivity index is 1.72. The van der Waals surface area contributed by atoms with Crippen LogP contribution in [0.5, 0.6) is 11.5 Å². The van der Waals surface area contributed by atoms with Gasteiger partial charge in [0.2, 0.25) is 0 Å². The summed E-state index contributed by atoms with van der Waals surface area (Å²) in [6, 6.07) is 13.6. The van der Waals surface area contributed by atoms with Crippen LogP contribution in [0.25, 0.3) is 0 Å². The van der Waals surface area contributed by atoms with E-state index in [4.69, 9.17) is 9.47 Å². The molecule has 0 fully saturated rings. The van der Waals surface area contributed by atoms with E-state index in [1.54, 1.807) is 12.1 Å². The summed E-state index contributed by atoms with van der Waals surface area (Å²) in [6.07, 6.45) is 0. The second-order valence-corrected chi connectivity index (χ2v) is 3.93. The summed E-state index contributed by atoms with van der Waals surface area (Å²) in [4.78, 5) is 0. The van der Waals surface area contributed by atoms with Crippen molar-refractivity contribution in [1.82, 2.24) is 0 Å². The molecule has 0 aliphatic heterocycles. The van der Waals surface area contributed by atoms with E-state index in [0.29, 0.717) is 19.0 Å². The van der Waals surface area contributed by atoms with Crippen molar-refractivity contribution in [2.75, 3.05) is 25.6 Å². The van der Waals surface area contributed by atoms with E-state index in [2.05, 4.69) is 5.32 Å². The van der Waals surface area contributed by atoms with E-state index < -0.39 is 0 Å². The Kier molecular flexibility index (Phi) is 4.61. The standard InChI is InChI=1S/C15H16FNO2/c1-17-13-4-8-15(9-5-13)19-11-10-18-14-6-2-12(16)3-7-14/h2-9,17H,10-11H2,1H3. The summed E-state index contributed by atoms with van der Waals surface area (Å²) < 4.78 is 23.6. The first kappa shape index (κ1) is 13.2. The first-order valence-electron chi connectivity index (χ1n) is 6.07. The summed E-state index contributed by atoms with van der Waals surface area (Å²) in [7, 11) is 1.87. The second kappa shape index (κ2) is 6.64. The van der Waals surface area contributed by atoms with Gasteiger partial charge in [-0.3, -0.25) is 0 Å². The molecule has 0 bridgehead atoms. The minimum absolute atomic E-state index is 0.270. The minimum atomic E-state index is -0.270. The molecule has 0 saturated heterocycles. The van der Waals surface area contributed by atoms with E-state index in [0.717, 1.165) is 11.4 Å². The van der Waals surface area contributed by atoms with Crippen molar-refractivity contribution in [3.05, 3.63) is 54.3 Å². The third kappa shape index (κ3) is 4.17. The Morgan fingerprint density at radius 1 is 0.842 bits per heavy atom. The smallest absolute Gasteiger partial charge is 0.123 e. The fourth-order valence-electron chi connectivity index (χ4n) is 1.57. The average molecular weight is 261 g/mol. The van der Waals surface area contributed by atoms with Crippen molar-refractivity contribution in [2.24, 2.45) is 0 Å². The molecule has 0 radical (unpaired) electrons. The lowest BCUT2D eigenvalue weighted by Crippen LogP contribution is -2.08. The number of benzene rings is 2. The molecule has 4 heteroatoms. The zero-order chi connectivity index (χ0) is 13.5. The zero-order valence-electron chi connectivity index (χ0n) is 10.7. The predicted octanol–water partition coefficient (Wildman–Crippen LogP) is 3.33. The van der Waals surface area contributed by atoms with Gasteiger partial charge in [-0.05, 0) is 48.5 Å². The molecule has 0 aromatic heterocycles. The van der Waals surface area contributed by atoms with Crippen LogP contribution in [0.15, 0.2) is 48.5 Å². The molecule has 0 spiro atoms. The highest BCUT2D eigenvalue weighted by atomic mass is 19.1. The summed E-state index contributed by atoms with van der Waals surface area (Å²) in [5.74, 6) is 1.16. The van der Waals surface area contributed by atoms with Crippen LogP contribution < -0.4 is 14.8 Å². The summed E-state index contributed by atoms with van der Waals surface area (Å²) in [6.45, 7) is 0.857. The molecular formula is C15H16FNO2. The first-order valence-corrected chi connectivity index (χ1v) is 6.07. The Bertz CT molecular complexity index is 497. The van der Waals surface area contributed by atoms with Crippen molar-refractivity contribution in [1.29, 1.82) is 0 Å². The Hall–Kier alpha value is -2.23. The molecule has 0 unspecified atom stereocenters. The number of nitrogens with one attached hydrogen (secondary N) is 1. The molecule has 0 aliphatic carbocycles. The highest BCUT2D eigenvalue weighted by molar-refractivity contribution is 5.45. The molecule has 19 heavy (non-hydrogen) atoms. The third-order valence-electron chi connectivity index (χ3n) is 2.58. The SMILES string of the molecule is CNc1ccc(OCCOc2ccc(F)cc2)cc1. The molecule has 0 saturated carbocycles. The van der Waals surface area contributed by atoms with Crippen LogP contribution in [0, 0.1) is 5.82 Å². The molecule has 2 aromatic rings. The summed E-state index contributed by atoms with van der Waals surface area (Å²) in [5, 5.41) is 3.04. The first-order chi connectivity index (χ1) is 9.28. The fourth-order valence-corrected chi connectivity index (χ4v) is 1.57. The Morgan fingerprint density at radius 2 is 1.32 bits per heavy atom. The van der Waals surface area contributed by atoms with Gasteiger partial charge in [0.05, 0.1) is 0 Å². The highest BCUT2D eigenvalue weighted by Gasteiger charge is 1.96. The van der Waals surface area contributed by atoms with Gasteiger partial charge in [-0.25, -0.2) is 4.39 Å². The van der Waals surface area contributed by atoms with E-state index >= 15 is 0 Å². The maximum absolute atomic E-state index is 12.7. The van der Waals surface area contributed by atoms with Crippen molar-refractivity contribution in [3.8, 4) is 11.5 Å². The molecule has 0 amide bonds. The highest BCUT2D eigenvalue weighted by Crippen LogP contribution is 2.15. The number of rotatable bonds is 6. The van der Waals surface area contributed by atoms with E-state index in [1.165, 1.54) is 12.1 Å². The topological polar surface area (TPSA) is 30.5 Å². The average Bonchev–Trinajstić information content (AvgIpc) is 2.46. The Labute approximate surface area is 112 Å². The van der Waals surface area contributed by atoms with Crippen LogP contribution in [0.4, 0.5) is 10.1 Å². The molecular weight excluding hydrogens is 245 g/mol. The van der Waals surface area contributed by atoms with E-state index in [1.807, 2.05) is 31.3 Å². The van der Waals surface area contributed by atoms with Gasteiger partial charge < -0.3 is 14.8 Å². The lowest BCUT2D eigenvalue weighted by atomic mass is 10.3. The molecule has 0 heterocycles. The molecule has 100 valence electrons. The van der Waals surface area contributed by atoms with Crippen molar-refractivity contribution < 1.29 is 13.9 Å². The van der Waals surface area contributed by atoms with Gasteiger partial charge >= 0.3 is 0 Å². The van der Waals surface area contributed by atoms with Gasteiger partial charge in [0.25, 0.3) is 0 Å². The van der Waals surface area contributed by atoms with Crippen molar-refractivity contribution in [3.63, 3.8) is 0 Å². The van der Waals surface area contributed by atoms with E-state index in [9.17, 15) is 4.39 Å². The van der Waals surface area contributed by atoms with Crippen LogP contribution in [-0.2, 0) is 0 Å². The van der Waals surface area contributed by atoms with Gasteiger partial charge in [-0.2, -0.15) is 0 Å². The zero-order valence-corrected chi connectivity index (χ0v) is 10.7. The van der Waals surface area contributed by atoms with Gasteiger partial charge in [-0.1, -0.05) is 0 Å². The molecule has 0 aliphatic rings. The molecule has 0 atom stereocenters. The van der Waals surface area contributed by atoms with Crippen LogP contribution >= 0.6 is 0 Å². The molecule has 2 rings (SSSR count). The van der Waals surface area contributed by atoms with Crippen LogP contribution in [0.1, 0.15) is 0 Å². The van der Waals surface area contributed by atoms with Gasteiger partial charge in [0.15, 0.2) is 0 Å². The second-order valence-electron chi connectivity index (χ2n) is 3.93. The van der Waals surface area contributed by atoms with Gasteiger partial charge in [0, 0.05) is 12.7 Å². The summed E-state index contributed by atoms with van der Waals surface area (Å²) >= 11 is 0. The molecule has 1 N–H and O–H groups in total. The summed E-state index contributed by atoms with van der Waals surface area (Å²) in [5.41, 5.74) is 1.04. The number of hydrogen-bond acceptors (Lipinski definition) is 3. The van der Waals surface area contributed by atoms with Gasteiger partial charge in [-0.15, -0.1) is 0 Å². The monoisotopic (exact) mass is 261 g/mol. The van der Waals surface area contributed by atoms with Crippen molar-refractivity contribution >= 4 is 5.69 Å². The van der Waals surface area contributed by atoms with E-state index in [-0.39, 0.29) is 5.82 Å². The van der Waals surface area contributed by atoms with Crippen molar-refractivity contribution in [2.45, 2.75) is 0 Å². The molecule has 3 nitrogen and oxygen atoms in total. The maximum Gasteiger partial charge on any atom is 0.123 e. The molecule has 2 aromatic carbocycles. The van der Waals surface area contributed by atoms with Crippen LogP contribution in [0.2, 0.25) is 0 Å². The number of hydrogen-bond donors (Lipinski definition) is 1. The fraction of sp³-hybridized carbons (Fsp3) is 0.200. The largest absolute Gasteiger partial charge is 0.490 e.